The van der Waals surface area contributed by atoms with E-state index >= 15 is 0 Å². The zero-order chi connectivity index (χ0) is 13.0. The van der Waals surface area contributed by atoms with Crippen molar-refractivity contribution in [3.8, 4) is 0 Å². The van der Waals surface area contributed by atoms with Gasteiger partial charge in [-0.3, -0.25) is 9.69 Å². The Hall–Kier alpha value is -1.85. The van der Waals surface area contributed by atoms with Gasteiger partial charge in [-0.05, 0) is 13.8 Å². The van der Waals surface area contributed by atoms with E-state index in [1.165, 1.54) is 4.90 Å². The number of urea groups is 1. The molecule has 0 aromatic carbocycles. The Morgan fingerprint density at radius 3 is 2.78 bits per heavy atom. The van der Waals surface area contributed by atoms with E-state index in [2.05, 4.69) is 4.98 Å². The summed E-state index contributed by atoms with van der Waals surface area (Å²) in [6, 6.07) is -0.620. The fourth-order valence-corrected chi connectivity index (χ4v) is 2.75. The summed E-state index contributed by atoms with van der Waals surface area (Å²) in [7, 11) is 1.92. The van der Waals surface area contributed by atoms with Crippen molar-refractivity contribution in [2.24, 2.45) is 7.05 Å². The third-order valence-corrected chi connectivity index (χ3v) is 3.72. The highest BCUT2D eigenvalue weighted by Gasteiger charge is 2.48. The Bertz CT molecular complexity index is 534. The molecule has 1 aromatic heterocycles. The molecule has 0 N–H and O–H groups in total. The average molecular weight is 248 g/mol. The van der Waals surface area contributed by atoms with Gasteiger partial charge in [0, 0.05) is 25.2 Å². The van der Waals surface area contributed by atoms with Gasteiger partial charge in [-0.15, -0.1) is 0 Å². The quantitative estimate of drug-likeness (QED) is 0.681. The molecule has 3 amide bonds. The molecular formula is C12H16N4O2. The fraction of sp³-hybridized carbons (Fsp3) is 0.583. The van der Waals surface area contributed by atoms with Gasteiger partial charge in [-0.2, -0.15) is 0 Å². The minimum atomic E-state index is -0.345. The van der Waals surface area contributed by atoms with E-state index in [-0.39, 0.29) is 24.0 Å². The Morgan fingerprint density at radius 2 is 2.11 bits per heavy atom. The van der Waals surface area contributed by atoms with Crippen LogP contribution in [0.1, 0.15) is 25.2 Å². The van der Waals surface area contributed by atoms with Crippen molar-refractivity contribution in [3.05, 3.63) is 17.7 Å². The molecule has 2 aliphatic heterocycles. The van der Waals surface area contributed by atoms with Crippen molar-refractivity contribution in [2.45, 2.75) is 38.9 Å². The summed E-state index contributed by atoms with van der Waals surface area (Å²) in [5.74, 6) is -0.0816. The second-order valence-corrected chi connectivity index (χ2v) is 5.18. The lowest BCUT2D eigenvalue weighted by Crippen LogP contribution is -2.40. The standard InChI is InChI=1S/C12H16N4O2/c1-7(2)16-11(17)10-4-9-8(13-6-14(9)3)5-15(10)12(16)18/h6-7,10H,4-5H2,1-3H3. The molecule has 1 atom stereocenters. The first-order valence-electron chi connectivity index (χ1n) is 6.13. The van der Waals surface area contributed by atoms with E-state index in [1.54, 1.807) is 11.2 Å². The van der Waals surface area contributed by atoms with Crippen molar-refractivity contribution in [3.63, 3.8) is 0 Å². The Labute approximate surface area is 105 Å². The zero-order valence-electron chi connectivity index (χ0n) is 10.8. The predicted molar refractivity (Wildman–Crippen MR) is 63.6 cm³/mol. The zero-order valence-corrected chi connectivity index (χ0v) is 10.8. The number of rotatable bonds is 1. The SMILES string of the molecule is CC(C)N1C(=O)C2Cc3c(ncn3C)CN2C1=O. The number of imidazole rings is 1. The molecule has 3 heterocycles. The summed E-state index contributed by atoms with van der Waals surface area (Å²) in [5.41, 5.74) is 1.96. The van der Waals surface area contributed by atoms with Crippen LogP contribution in [0.4, 0.5) is 4.79 Å². The van der Waals surface area contributed by atoms with Crippen molar-refractivity contribution in [2.75, 3.05) is 0 Å². The molecule has 6 nitrogen and oxygen atoms in total. The Morgan fingerprint density at radius 1 is 1.39 bits per heavy atom. The third-order valence-electron chi connectivity index (χ3n) is 3.72. The monoisotopic (exact) mass is 248 g/mol. The second-order valence-electron chi connectivity index (χ2n) is 5.18. The number of aryl methyl sites for hydroxylation is 1. The molecule has 0 saturated carbocycles. The van der Waals surface area contributed by atoms with Gasteiger partial charge < -0.3 is 9.47 Å². The van der Waals surface area contributed by atoms with E-state index in [1.807, 2.05) is 25.5 Å². The molecule has 6 heteroatoms. The topological polar surface area (TPSA) is 58.4 Å². The number of aromatic nitrogens is 2. The molecule has 2 aliphatic rings. The maximum absolute atomic E-state index is 12.3. The van der Waals surface area contributed by atoms with Crippen LogP contribution in [0.15, 0.2) is 6.33 Å². The van der Waals surface area contributed by atoms with Crippen LogP contribution >= 0.6 is 0 Å². The first-order chi connectivity index (χ1) is 8.50. The van der Waals surface area contributed by atoms with Gasteiger partial charge in [-0.25, -0.2) is 9.78 Å². The Kier molecular flexibility index (Phi) is 2.23. The van der Waals surface area contributed by atoms with Crippen LogP contribution < -0.4 is 0 Å². The highest BCUT2D eigenvalue weighted by atomic mass is 16.2. The van der Waals surface area contributed by atoms with Gasteiger partial charge in [0.15, 0.2) is 0 Å². The minimum absolute atomic E-state index is 0.0816. The summed E-state index contributed by atoms with van der Waals surface area (Å²) in [4.78, 5) is 31.8. The van der Waals surface area contributed by atoms with Crippen LogP contribution in [0.2, 0.25) is 0 Å². The first kappa shape index (κ1) is 11.3. The summed E-state index contributed by atoms with van der Waals surface area (Å²) >= 11 is 0. The van der Waals surface area contributed by atoms with Gasteiger partial charge in [0.1, 0.15) is 6.04 Å². The van der Waals surface area contributed by atoms with E-state index in [0.29, 0.717) is 13.0 Å². The molecule has 1 saturated heterocycles. The summed E-state index contributed by atoms with van der Waals surface area (Å²) in [6.45, 7) is 4.16. The van der Waals surface area contributed by atoms with E-state index in [0.717, 1.165) is 11.4 Å². The normalized spacial score (nSPS) is 22.8. The van der Waals surface area contributed by atoms with E-state index < -0.39 is 0 Å². The van der Waals surface area contributed by atoms with Crippen LogP contribution in [0.5, 0.6) is 0 Å². The number of carbonyl (C=O) groups excluding carboxylic acids is 2. The Balaban J connectivity index is 1.98. The molecule has 3 rings (SSSR count). The van der Waals surface area contributed by atoms with Crippen molar-refractivity contribution in [1.82, 2.24) is 19.4 Å². The number of imide groups is 1. The van der Waals surface area contributed by atoms with Gasteiger partial charge in [-0.1, -0.05) is 0 Å². The average Bonchev–Trinajstić information content (AvgIpc) is 2.79. The van der Waals surface area contributed by atoms with Crippen LogP contribution in [-0.2, 0) is 24.8 Å². The van der Waals surface area contributed by atoms with Crippen molar-refractivity contribution >= 4 is 11.9 Å². The lowest BCUT2D eigenvalue weighted by molar-refractivity contribution is -0.129. The maximum Gasteiger partial charge on any atom is 0.328 e. The molecule has 0 bridgehead atoms. The fourth-order valence-electron chi connectivity index (χ4n) is 2.75. The van der Waals surface area contributed by atoms with Gasteiger partial charge in [0.05, 0.1) is 18.6 Å². The smallest absolute Gasteiger partial charge is 0.328 e. The predicted octanol–water partition coefficient (Wildman–Crippen LogP) is 0.517. The van der Waals surface area contributed by atoms with Gasteiger partial charge >= 0.3 is 6.03 Å². The molecule has 1 aromatic rings. The third kappa shape index (κ3) is 1.31. The summed E-state index contributed by atoms with van der Waals surface area (Å²) < 4.78 is 1.93. The highest BCUT2D eigenvalue weighted by molar-refractivity contribution is 6.04. The number of nitrogens with zero attached hydrogens (tertiary/aromatic N) is 4. The largest absolute Gasteiger partial charge is 0.337 e. The molecule has 0 radical (unpaired) electrons. The molecular weight excluding hydrogens is 232 g/mol. The highest BCUT2D eigenvalue weighted by Crippen LogP contribution is 2.30. The van der Waals surface area contributed by atoms with Crippen LogP contribution in [0.25, 0.3) is 0 Å². The molecule has 0 spiro atoms. The molecule has 1 unspecified atom stereocenters. The van der Waals surface area contributed by atoms with Gasteiger partial charge in [0.2, 0.25) is 0 Å². The van der Waals surface area contributed by atoms with Crippen molar-refractivity contribution < 1.29 is 9.59 Å². The molecule has 18 heavy (non-hydrogen) atoms. The number of carbonyl (C=O) groups is 2. The van der Waals surface area contributed by atoms with Crippen LogP contribution in [0, 0.1) is 0 Å². The lowest BCUT2D eigenvalue weighted by Gasteiger charge is -2.26. The van der Waals surface area contributed by atoms with E-state index in [4.69, 9.17) is 0 Å². The molecule has 1 fully saturated rings. The summed E-state index contributed by atoms with van der Waals surface area (Å²) in [6.07, 6.45) is 2.31. The van der Waals surface area contributed by atoms with Gasteiger partial charge in [0.25, 0.3) is 5.91 Å². The number of hydrogen-bond donors (Lipinski definition) is 0. The maximum atomic E-state index is 12.3. The van der Waals surface area contributed by atoms with Crippen LogP contribution in [0.3, 0.4) is 0 Å². The second kappa shape index (κ2) is 3.57. The van der Waals surface area contributed by atoms with E-state index in [9.17, 15) is 9.59 Å². The van der Waals surface area contributed by atoms with Crippen molar-refractivity contribution in [1.29, 1.82) is 0 Å². The van der Waals surface area contributed by atoms with Crippen LogP contribution in [-0.4, -0.2) is 43.4 Å². The molecule has 0 aliphatic carbocycles. The summed E-state index contributed by atoms with van der Waals surface area (Å²) in [5, 5.41) is 0. The number of hydrogen-bond acceptors (Lipinski definition) is 3. The molecule has 96 valence electrons. The lowest BCUT2D eigenvalue weighted by atomic mass is 10.0. The first-order valence-corrected chi connectivity index (χ1v) is 6.13. The minimum Gasteiger partial charge on any atom is -0.337 e. The number of amides is 3. The number of fused-ring (bicyclic) bond motifs is 2.